The molecule has 3 aromatic rings. The van der Waals surface area contributed by atoms with Gasteiger partial charge < -0.3 is 14.5 Å². The Morgan fingerprint density at radius 3 is 2.35 bits per heavy atom. The Morgan fingerprint density at radius 1 is 0.973 bits per heavy atom. The summed E-state index contributed by atoms with van der Waals surface area (Å²) in [4.78, 5) is 17.0. The molecule has 0 spiro atoms. The number of benzene rings is 3. The third kappa shape index (κ3) is 6.63. The molecule has 0 saturated carbocycles. The molecular formula is C28H32ClN3O4S. The van der Waals surface area contributed by atoms with Crippen molar-refractivity contribution in [1.82, 2.24) is 9.80 Å². The van der Waals surface area contributed by atoms with E-state index in [1.54, 1.807) is 23.1 Å². The first-order valence-corrected chi connectivity index (χ1v) is 14.1. The number of ether oxygens (including phenoxy) is 1. The molecule has 0 fully saturated rings. The molecule has 1 amide bonds. The highest BCUT2D eigenvalue weighted by Gasteiger charge is 2.37. The van der Waals surface area contributed by atoms with E-state index in [0.717, 1.165) is 11.1 Å². The van der Waals surface area contributed by atoms with E-state index in [1.165, 1.54) is 16.4 Å². The molecule has 7 nitrogen and oxygen atoms in total. The van der Waals surface area contributed by atoms with Gasteiger partial charge in [-0.3, -0.25) is 4.31 Å². The van der Waals surface area contributed by atoms with Gasteiger partial charge in [0.05, 0.1) is 16.6 Å². The predicted octanol–water partition coefficient (Wildman–Crippen LogP) is 5.05. The second-order valence-electron chi connectivity index (χ2n) is 9.36. The summed E-state index contributed by atoms with van der Waals surface area (Å²) in [5.41, 5.74) is 2.55. The average molecular weight is 542 g/mol. The monoisotopic (exact) mass is 541 g/mol. The lowest BCUT2D eigenvalue weighted by Gasteiger charge is -2.37. The van der Waals surface area contributed by atoms with E-state index in [9.17, 15) is 13.2 Å². The van der Waals surface area contributed by atoms with E-state index in [1.807, 2.05) is 67.5 Å². The molecule has 3 aromatic carbocycles. The number of likely N-dealkylation sites (N-methyl/N-ethyl adjacent to an activating group) is 1. The summed E-state index contributed by atoms with van der Waals surface area (Å²) in [7, 11) is -0.0176. The number of hydrogen-bond acceptors (Lipinski definition) is 5. The highest BCUT2D eigenvalue weighted by molar-refractivity contribution is 7.92. The number of sulfonamides is 1. The quantitative estimate of drug-likeness (QED) is 0.379. The number of nitrogens with zero attached hydrogens (tertiary/aromatic N) is 3. The maximum atomic E-state index is 13.8. The van der Waals surface area contributed by atoms with Crippen molar-refractivity contribution in [2.45, 2.75) is 30.3 Å². The van der Waals surface area contributed by atoms with Crippen LogP contribution in [0.4, 0.5) is 10.5 Å². The van der Waals surface area contributed by atoms with Crippen LogP contribution in [0.3, 0.4) is 0 Å². The van der Waals surface area contributed by atoms with E-state index < -0.39 is 22.2 Å². The lowest BCUT2D eigenvalue weighted by atomic mass is 9.98. The Kier molecular flexibility index (Phi) is 8.74. The summed E-state index contributed by atoms with van der Waals surface area (Å²) in [5.74, 6) is 0. The second kappa shape index (κ2) is 12.0. The topological polar surface area (TPSA) is 70.2 Å². The summed E-state index contributed by atoms with van der Waals surface area (Å²) in [6.07, 6.45) is 0.765. The zero-order valence-electron chi connectivity index (χ0n) is 21.1. The van der Waals surface area contributed by atoms with Gasteiger partial charge in [-0.1, -0.05) is 60.1 Å². The van der Waals surface area contributed by atoms with Crippen LogP contribution in [-0.2, 0) is 27.7 Å². The zero-order chi connectivity index (χ0) is 26.4. The van der Waals surface area contributed by atoms with Gasteiger partial charge in [0.15, 0.2) is 0 Å². The highest BCUT2D eigenvalue weighted by Crippen LogP contribution is 2.35. The van der Waals surface area contributed by atoms with Gasteiger partial charge in [-0.25, -0.2) is 13.2 Å². The fraction of sp³-hybridized carbons (Fsp3) is 0.321. The second-order valence-corrected chi connectivity index (χ2v) is 11.6. The number of hydrogen-bond donors (Lipinski definition) is 0. The van der Waals surface area contributed by atoms with Gasteiger partial charge >= 0.3 is 6.09 Å². The van der Waals surface area contributed by atoms with Crippen LogP contribution in [0.15, 0.2) is 83.8 Å². The molecule has 1 aliphatic heterocycles. The lowest BCUT2D eigenvalue weighted by molar-refractivity contribution is 0.0910. The normalized spacial score (nSPS) is 15.4. The third-order valence-corrected chi connectivity index (χ3v) is 8.50. The molecular weight excluding hydrogens is 510 g/mol. The molecule has 196 valence electrons. The van der Waals surface area contributed by atoms with Crippen molar-refractivity contribution in [2.75, 3.05) is 38.1 Å². The molecule has 1 atom stereocenters. The van der Waals surface area contributed by atoms with E-state index in [0.29, 0.717) is 43.2 Å². The SMILES string of the molecule is CN(C)CCN(Cc1ccccc1)C(=O)OCC1CCc2ccccc2N1S(=O)(=O)c1ccc(Cl)cc1. The minimum atomic E-state index is -3.92. The Bertz CT molecular complexity index is 1300. The number of fused-ring (bicyclic) bond motifs is 1. The number of amides is 1. The van der Waals surface area contributed by atoms with Gasteiger partial charge in [0.1, 0.15) is 6.61 Å². The van der Waals surface area contributed by atoms with Crippen LogP contribution in [-0.4, -0.2) is 64.1 Å². The average Bonchev–Trinajstić information content (AvgIpc) is 2.90. The van der Waals surface area contributed by atoms with Crippen LogP contribution in [0, 0.1) is 0 Å². The van der Waals surface area contributed by atoms with Crippen LogP contribution in [0.1, 0.15) is 17.5 Å². The highest BCUT2D eigenvalue weighted by atomic mass is 35.5. The fourth-order valence-corrected chi connectivity index (χ4v) is 6.22. The minimum absolute atomic E-state index is 0.0484. The zero-order valence-corrected chi connectivity index (χ0v) is 22.7. The number of aryl methyl sites for hydroxylation is 1. The summed E-state index contributed by atoms with van der Waals surface area (Å²) >= 11 is 6.00. The van der Waals surface area contributed by atoms with Gasteiger partial charge in [-0.15, -0.1) is 0 Å². The van der Waals surface area contributed by atoms with Gasteiger partial charge in [0.25, 0.3) is 10.0 Å². The lowest BCUT2D eigenvalue weighted by Crippen LogP contribution is -2.47. The molecule has 1 heterocycles. The summed E-state index contributed by atoms with van der Waals surface area (Å²) in [5, 5.41) is 0.458. The van der Waals surface area contributed by atoms with Gasteiger partial charge in [-0.2, -0.15) is 0 Å². The first-order chi connectivity index (χ1) is 17.8. The molecule has 0 saturated heterocycles. The molecule has 9 heteroatoms. The predicted molar refractivity (Wildman–Crippen MR) is 146 cm³/mol. The maximum absolute atomic E-state index is 13.8. The molecule has 1 unspecified atom stereocenters. The van der Waals surface area contributed by atoms with E-state index in [4.69, 9.17) is 16.3 Å². The van der Waals surface area contributed by atoms with Crippen molar-refractivity contribution in [3.63, 3.8) is 0 Å². The Morgan fingerprint density at radius 2 is 1.65 bits per heavy atom. The summed E-state index contributed by atoms with van der Waals surface area (Å²) in [6.45, 7) is 1.53. The molecule has 0 radical (unpaired) electrons. The smallest absolute Gasteiger partial charge is 0.410 e. The molecule has 1 aliphatic rings. The van der Waals surface area contributed by atoms with Crippen molar-refractivity contribution >= 4 is 33.4 Å². The first-order valence-electron chi connectivity index (χ1n) is 12.2. The largest absolute Gasteiger partial charge is 0.447 e. The standard InChI is InChI=1S/C28H32ClN3O4S/c1-30(2)18-19-31(20-22-8-4-3-5-9-22)28(33)36-21-25-15-12-23-10-6-7-11-27(23)32(25)37(34,35)26-16-13-24(29)14-17-26/h3-11,13-14,16-17,25H,12,15,18-21H2,1-2H3. The molecule has 0 aliphatic carbocycles. The molecule has 0 aromatic heterocycles. The third-order valence-electron chi connectivity index (χ3n) is 6.37. The number of carbonyl (C=O) groups is 1. The number of anilines is 1. The van der Waals surface area contributed by atoms with Gasteiger partial charge in [0.2, 0.25) is 0 Å². The summed E-state index contributed by atoms with van der Waals surface area (Å²) in [6, 6.07) is 22.8. The molecule has 4 rings (SSSR count). The fourth-order valence-electron chi connectivity index (χ4n) is 4.39. The van der Waals surface area contributed by atoms with Crippen molar-refractivity contribution in [2.24, 2.45) is 0 Å². The van der Waals surface area contributed by atoms with Crippen molar-refractivity contribution in [3.05, 3.63) is 95.0 Å². The Balaban J connectivity index is 1.56. The maximum Gasteiger partial charge on any atom is 0.410 e. The van der Waals surface area contributed by atoms with Crippen LogP contribution in [0.25, 0.3) is 0 Å². The van der Waals surface area contributed by atoms with Gasteiger partial charge in [0, 0.05) is 24.7 Å². The van der Waals surface area contributed by atoms with E-state index in [2.05, 4.69) is 0 Å². The van der Waals surface area contributed by atoms with Crippen LogP contribution in [0.2, 0.25) is 5.02 Å². The van der Waals surface area contributed by atoms with Crippen LogP contribution >= 0.6 is 11.6 Å². The Hall–Kier alpha value is -3.07. The molecule has 37 heavy (non-hydrogen) atoms. The first kappa shape index (κ1) is 27.0. The number of halogens is 1. The molecule has 0 N–H and O–H groups in total. The summed E-state index contributed by atoms with van der Waals surface area (Å²) < 4.78 is 34.8. The molecule has 0 bridgehead atoms. The number of carbonyl (C=O) groups excluding carboxylic acids is 1. The Labute approximate surface area is 224 Å². The minimum Gasteiger partial charge on any atom is -0.447 e. The number of rotatable bonds is 9. The van der Waals surface area contributed by atoms with Crippen molar-refractivity contribution < 1.29 is 17.9 Å². The van der Waals surface area contributed by atoms with Crippen LogP contribution < -0.4 is 4.31 Å². The van der Waals surface area contributed by atoms with Crippen LogP contribution in [0.5, 0.6) is 0 Å². The number of para-hydroxylation sites is 1. The van der Waals surface area contributed by atoms with Crippen molar-refractivity contribution in [1.29, 1.82) is 0 Å². The van der Waals surface area contributed by atoms with E-state index >= 15 is 0 Å². The van der Waals surface area contributed by atoms with E-state index in [-0.39, 0.29) is 11.5 Å². The van der Waals surface area contributed by atoms with Crippen molar-refractivity contribution in [3.8, 4) is 0 Å². The van der Waals surface area contributed by atoms with Gasteiger partial charge in [-0.05, 0) is 68.4 Å².